The van der Waals surface area contributed by atoms with E-state index in [2.05, 4.69) is 60.7 Å². The fraction of sp³-hybridized carbons (Fsp3) is 0. The Labute approximate surface area is 308 Å². The van der Waals surface area contributed by atoms with E-state index < -0.39 is 7.12 Å². The third-order valence-corrected chi connectivity index (χ3v) is 9.39. The molecule has 0 unspecified atom stereocenters. The van der Waals surface area contributed by atoms with E-state index in [1.165, 1.54) is 0 Å². The lowest BCUT2D eigenvalue weighted by Gasteiger charge is -2.35. The molecule has 0 amide bonds. The maximum atomic E-state index is 11.4. The summed E-state index contributed by atoms with van der Waals surface area (Å²) in [6, 6.07) is 62.6. The molecule has 8 heteroatoms. The summed E-state index contributed by atoms with van der Waals surface area (Å²) in [5, 5.41) is 27.5. The molecule has 6 aromatic carbocycles. The number of aromatic hydroxyl groups is 1. The molecule has 1 aliphatic rings. The van der Waals surface area contributed by atoms with Gasteiger partial charge in [-0.25, -0.2) is 15.1 Å². The van der Waals surface area contributed by atoms with E-state index in [-0.39, 0.29) is 5.75 Å². The summed E-state index contributed by atoms with van der Waals surface area (Å²) in [7, 11) is -0.776. The zero-order valence-corrected chi connectivity index (χ0v) is 28.7. The summed E-state index contributed by atoms with van der Waals surface area (Å²) in [5.74, 6) is 0.148. The minimum absolute atomic E-state index is 0.148. The fourth-order valence-electron chi connectivity index (χ4n) is 6.81. The third kappa shape index (κ3) is 6.12. The molecule has 0 saturated carbocycles. The number of nitrogens with zero attached hydrogens (tertiary/aromatic N) is 6. The molecule has 2 radical (unpaired) electrons. The van der Waals surface area contributed by atoms with Crippen LogP contribution in [0, 0.1) is 0 Å². The van der Waals surface area contributed by atoms with Crippen LogP contribution in [-0.4, -0.2) is 42.2 Å². The molecular weight excluding hydrogens is 651 g/mol. The molecule has 53 heavy (non-hydrogen) atoms. The van der Waals surface area contributed by atoms with Gasteiger partial charge in [-0.15, -0.1) is 0 Å². The van der Waals surface area contributed by atoms with Gasteiger partial charge in [-0.1, -0.05) is 152 Å². The van der Waals surface area contributed by atoms with Gasteiger partial charge in [0.25, 0.3) is 0 Å². The minimum atomic E-state index is -0.776. The number of para-hydroxylation sites is 1. The van der Waals surface area contributed by atoms with Crippen LogP contribution in [0.25, 0.3) is 50.7 Å². The van der Waals surface area contributed by atoms with Crippen molar-refractivity contribution in [2.75, 3.05) is 0 Å². The van der Waals surface area contributed by atoms with Crippen LogP contribution in [0.2, 0.25) is 0 Å². The summed E-state index contributed by atoms with van der Waals surface area (Å²) < 4.78 is 3.96. The normalized spacial score (nSPS) is 12.6. The second-order valence-electron chi connectivity index (χ2n) is 12.8. The molecule has 7 nitrogen and oxygen atoms in total. The highest BCUT2D eigenvalue weighted by atomic mass is 16.3. The van der Waals surface area contributed by atoms with Crippen LogP contribution in [0.1, 0.15) is 11.1 Å². The van der Waals surface area contributed by atoms with Crippen molar-refractivity contribution in [2.24, 2.45) is 0 Å². The van der Waals surface area contributed by atoms with E-state index in [4.69, 9.17) is 15.3 Å². The van der Waals surface area contributed by atoms with Crippen LogP contribution in [0.5, 0.6) is 5.75 Å². The van der Waals surface area contributed by atoms with Crippen molar-refractivity contribution in [3.63, 3.8) is 0 Å². The van der Waals surface area contributed by atoms with Crippen molar-refractivity contribution in [1.82, 2.24) is 29.4 Å². The van der Waals surface area contributed by atoms with Gasteiger partial charge in [-0.3, -0.25) is 0 Å². The summed E-state index contributed by atoms with van der Waals surface area (Å²) in [6.07, 6.45) is 2.13. The van der Waals surface area contributed by atoms with Gasteiger partial charge in [0, 0.05) is 34.2 Å². The zero-order chi connectivity index (χ0) is 35.6. The largest absolute Gasteiger partial charge is 0.507 e. The Morgan fingerprint density at radius 2 is 0.887 bits per heavy atom. The number of phenols is 1. The molecule has 1 N–H and O–H groups in total. The topological polar surface area (TPSA) is 73.2 Å². The second kappa shape index (κ2) is 13.9. The molecule has 2 aromatic heterocycles. The number of hydrogen-bond donors (Lipinski definition) is 1. The standard InChI is InChI=1S/C45H33BN6O/c53-45-29-17-16-28-38(45)44-32-41(35-22-10-3-11-23-35)49-52(44)46(50-42(36-24-12-4-13-25-36)30-39(47-50)33-18-6-1-7-19-33)51-43(37-26-14-5-15-27-37)31-40(48-51)34-20-8-2-9-21-34/h1-32,53H. The second-order valence-corrected chi connectivity index (χ2v) is 12.8. The van der Waals surface area contributed by atoms with Crippen LogP contribution in [0.4, 0.5) is 0 Å². The average Bonchev–Trinajstić information content (AvgIpc) is 3.99. The number of phenolic OH excluding ortho intramolecular Hbond substituents is 1. The predicted molar refractivity (Wildman–Crippen MR) is 213 cm³/mol. The summed E-state index contributed by atoms with van der Waals surface area (Å²) in [6.45, 7) is 0. The predicted octanol–water partition coefficient (Wildman–Crippen LogP) is 8.93. The van der Waals surface area contributed by atoms with E-state index in [0.717, 1.165) is 56.3 Å². The van der Waals surface area contributed by atoms with Crippen molar-refractivity contribution in [3.8, 4) is 50.8 Å². The molecule has 0 saturated heterocycles. The summed E-state index contributed by atoms with van der Waals surface area (Å²) in [4.78, 5) is 2.01. The van der Waals surface area contributed by atoms with Gasteiger partial charge in [0.1, 0.15) is 10.9 Å². The minimum Gasteiger partial charge on any atom is -0.507 e. The van der Waals surface area contributed by atoms with Gasteiger partial charge in [-0.2, -0.15) is 0 Å². The SMILES string of the molecule is Oc1ccccc1-c1cc(-c2ccccc2)nn1[B-](N1[N+]=C(c2ccccc2)C=C1c1ccccc1)n1nc(-c2ccccc2)cc1-c1ccccc1. The van der Waals surface area contributed by atoms with E-state index in [1.54, 1.807) is 6.07 Å². The molecule has 0 spiro atoms. The van der Waals surface area contributed by atoms with Crippen LogP contribution < -0.4 is 5.10 Å². The zero-order valence-electron chi connectivity index (χ0n) is 28.7. The average molecular weight is 685 g/mol. The molecule has 0 bridgehead atoms. The van der Waals surface area contributed by atoms with Crippen molar-refractivity contribution >= 4 is 18.5 Å². The highest BCUT2D eigenvalue weighted by Gasteiger charge is 2.37. The maximum Gasteiger partial charge on any atom is 0.320 e. The number of aromatic nitrogens is 4. The number of hydrogen-bond acceptors (Lipinski definition) is 5. The number of benzene rings is 6. The van der Waals surface area contributed by atoms with Gasteiger partial charge < -0.3 is 14.3 Å². The first-order valence-electron chi connectivity index (χ1n) is 17.6. The molecule has 1 aliphatic heterocycles. The maximum absolute atomic E-state index is 11.4. The highest BCUT2D eigenvalue weighted by Crippen LogP contribution is 2.36. The molecule has 3 heterocycles. The van der Waals surface area contributed by atoms with E-state index in [0.29, 0.717) is 11.3 Å². The van der Waals surface area contributed by atoms with Gasteiger partial charge in [0.05, 0.1) is 22.6 Å². The Morgan fingerprint density at radius 1 is 0.453 bits per heavy atom. The first-order chi connectivity index (χ1) is 26.2. The first-order valence-corrected chi connectivity index (χ1v) is 17.6. The van der Waals surface area contributed by atoms with Crippen LogP contribution in [0.15, 0.2) is 194 Å². The fourth-order valence-corrected chi connectivity index (χ4v) is 6.81. The molecule has 8 aromatic rings. The molecule has 0 fully saturated rings. The van der Waals surface area contributed by atoms with Crippen molar-refractivity contribution in [1.29, 1.82) is 0 Å². The van der Waals surface area contributed by atoms with Gasteiger partial charge >= 0.3 is 12.8 Å². The Balaban J connectivity index is 1.36. The quantitative estimate of drug-likeness (QED) is 0.154. The first kappa shape index (κ1) is 31.8. The van der Waals surface area contributed by atoms with E-state index in [1.807, 2.05) is 141 Å². The Hall–Kier alpha value is -7.19. The van der Waals surface area contributed by atoms with E-state index in [9.17, 15) is 5.11 Å². The Bertz CT molecular complexity index is 2570. The lowest BCUT2D eigenvalue weighted by Crippen LogP contribution is -2.52. The number of rotatable bonds is 9. The van der Waals surface area contributed by atoms with Crippen LogP contribution >= 0.6 is 0 Å². The monoisotopic (exact) mass is 684 g/mol. The lowest BCUT2D eigenvalue weighted by molar-refractivity contribution is 0.476. The van der Waals surface area contributed by atoms with Gasteiger partial charge in [-0.05, 0) is 47.5 Å². The highest BCUT2D eigenvalue weighted by molar-refractivity contribution is 6.55. The molecule has 0 aliphatic carbocycles. The van der Waals surface area contributed by atoms with E-state index >= 15 is 0 Å². The smallest absolute Gasteiger partial charge is 0.320 e. The van der Waals surface area contributed by atoms with Crippen LogP contribution in [0.3, 0.4) is 0 Å². The molecule has 252 valence electrons. The summed E-state index contributed by atoms with van der Waals surface area (Å²) in [5.41, 5.74) is 10.4. The molecule has 9 rings (SSSR count). The van der Waals surface area contributed by atoms with Crippen LogP contribution in [-0.2, 0) is 0 Å². The van der Waals surface area contributed by atoms with Crippen molar-refractivity contribution in [3.05, 3.63) is 205 Å². The Morgan fingerprint density at radius 3 is 1.43 bits per heavy atom. The number of hydrazone groups is 1. The lowest BCUT2D eigenvalue weighted by atomic mass is 9.88. The summed E-state index contributed by atoms with van der Waals surface area (Å²) >= 11 is 0. The third-order valence-electron chi connectivity index (χ3n) is 9.39. The van der Waals surface area contributed by atoms with Gasteiger partial charge in [0.2, 0.25) is 0 Å². The van der Waals surface area contributed by atoms with Crippen molar-refractivity contribution in [2.45, 2.75) is 0 Å². The number of allylic oxidation sites excluding steroid dienone is 1. The molecular formula is C45H33BN6O. The Kier molecular flexibility index (Phi) is 8.30. The van der Waals surface area contributed by atoms with Crippen molar-refractivity contribution < 1.29 is 5.11 Å². The van der Waals surface area contributed by atoms with Gasteiger partial charge in [0.15, 0.2) is 0 Å². The molecule has 0 atom stereocenters.